The summed E-state index contributed by atoms with van der Waals surface area (Å²) in [4.78, 5) is 6.50. The first-order valence-corrected chi connectivity index (χ1v) is 6.12. The Morgan fingerprint density at radius 2 is 2.12 bits per heavy atom. The quantitative estimate of drug-likeness (QED) is 0.782. The number of ether oxygens (including phenoxy) is 2. The third-order valence-electron chi connectivity index (χ3n) is 3.32. The fourth-order valence-corrected chi connectivity index (χ4v) is 1.93. The molecule has 0 spiro atoms. The van der Waals surface area contributed by atoms with Gasteiger partial charge < -0.3 is 9.47 Å². The highest BCUT2D eigenvalue weighted by atomic mass is 16.5. The summed E-state index contributed by atoms with van der Waals surface area (Å²) < 4.78 is 10.9. The van der Waals surface area contributed by atoms with E-state index in [1.54, 1.807) is 19.5 Å². The largest absolute Gasteiger partial charge is 0.495 e. The summed E-state index contributed by atoms with van der Waals surface area (Å²) in [6.07, 6.45) is 4.89. The molecule has 0 N–H and O–H groups in total. The smallest absolute Gasteiger partial charge is 0.141 e. The number of hydrogen-bond donors (Lipinski definition) is 0. The zero-order chi connectivity index (χ0) is 12.3. The Labute approximate surface area is 103 Å². The summed E-state index contributed by atoms with van der Waals surface area (Å²) in [7, 11) is 1.63. The monoisotopic (exact) mass is 236 g/mol. The molecule has 0 aliphatic carbocycles. The van der Waals surface area contributed by atoms with Crippen molar-refractivity contribution in [3.05, 3.63) is 18.5 Å². The molecule has 1 atom stereocenters. The second-order valence-electron chi connectivity index (χ2n) is 4.51. The van der Waals surface area contributed by atoms with Gasteiger partial charge in [0.25, 0.3) is 0 Å². The first kappa shape index (κ1) is 12.2. The van der Waals surface area contributed by atoms with Gasteiger partial charge in [0.2, 0.25) is 0 Å². The van der Waals surface area contributed by atoms with Gasteiger partial charge in [-0.05, 0) is 13.3 Å². The standard InChI is InChI=1S/C13H20N2O2/c1-4-10(2)15-8-13(9-15)17-12-5-11(16-3)6-14-7-12/h5-7,10,13H,4,8-9H2,1-3H3. The van der Waals surface area contributed by atoms with Crippen LogP contribution in [0.4, 0.5) is 0 Å². The lowest BCUT2D eigenvalue weighted by atomic mass is 10.1. The minimum absolute atomic E-state index is 0.290. The van der Waals surface area contributed by atoms with Gasteiger partial charge in [0, 0.05) is 25.2 Å². The van der Waals surface area contributed by atoms with E-state index in [1.165, 1.54) is 6.42 Å². The average molecular weight is 236 g/mol. The van der Waals surface area contributed by atoms with Crippen molar-refractivity contribution in [2.45, 2.75) is 32.4 Å². The predicted octanol–water partition coefficient (Wildman–Crippen LogP) is 1.95. The number of likely N-dealkylation sites (tertiary alicyclic amines) is 1. The third kappa shape index (κ3) is 2.88. The van der Waals surface area contributed by atoms with E-state index in [1.807, 2.05) is 6.07 Å². The van der Waals surface area contributed by atoms with Crippen LogP contribution >= 0.6 is 0 Å². The normalized spacial score (nSPS) is 18.5. The fourth-order valence-electron chi connectivity index (χ4n) is 1.93. The van der Waals surface area contributed by atoms with Crippen LogP contribution in [0, 0.1) is 0 Å². The van der Waals surface area contributed by atoms with E-state index in [9.17, 15) is 0 Å². The maximum absolute atomic E-state index is 5.83. The minimum atomic E-state index is 0.290. The molecule has 1 saturated heterocycles. The molecule has 1 unspecified atom stereocenters. The van der Waals surface area contributed by atoms with Gasteiger partial charge in [0.1, 0.15) is 17.6 Å². The van der Waals surface area contributed by atoms with Gasteiger partial charge in [-0.25, -0.2) is 0 Å². The van der Waals surface area contributed by atoms with Gasteiger partial charge in [0.15, 0.2) is 0 Å². The van der Waals surface area contributed by atoms with Gasteiger partial charge >= 0.3 is 0 Å². The van der Waals surface area contributed by atoms with E-state index in [4.69, 9.17) is 9.47 Å². The first-order valence-electron chi connectivity index (χ1n) is 6.12. The van der Waals surface area contributed by atoms with Crippen LogP contribution < -0.4 is 9.47 Å². The Balaban J connectivity index is 1.83. The molecule has 1 aromatic heterocycles. The Hall–Kier alpha value is -1.29. The lowest BCUT2D eigenvalue weighted by molar-refractivity contribution is -0.00557. The van der Waals surface area contributed by atoms with Gasteiger partial charge in [-0.3, -0.25) is 9.88 Å². The molecule has 0 bridgehead atoms. The molecule has 0 radical (unpaired) electrons. The number of aromatic nitrogens is 1. The molecule has 4 nitrogen and oxygen atoms in total. The topological polar surface area (TPSA) is 34.6 Å². The zero-order valence-electron chi connectivity index (χ0n) is 10.7. The molecule has 4 heteroatoms. The Bertz CT molecular complexity index is 364. The van der Waals surface area contributed by atoms with Crippen molar-refractivity contribution in [1.29, 1.82) is 0 Å². The third-order valence-corrected chi connectivity index (χ3v) is 3.32. The van der Waals surface area contributed by atoms with E-state index in [0.717, 1.165) is 24.6 Å². The SMILES string of the molecule is CCC(C)N1CC(Oc2cncc(OC)c2)C1. The molecule has 1 aromatic rings. The van der Waals surface area contributed by atoms with E-state index in [-0.39, 0.29) is 6.10 Å². The number of pyridine rings is 1. The van der Waals surface area contributed by atoms with Gasteiger partial charge in [-0.1, -0.05) is 6.92 Å². The van der Waals surface area contributed by atoms with Crippen LogP contribution in [0.25, 0.3) is 0 Å². The van der Waals surface area contributed by atoms with Crippen LogP contribution in [0.2, 0.25) is 0 Å². The van der Waals surface area contributed by atoms with E-state index < -0.39 is 0 Å². The Kier molecular flexibility index (Phi) is 3.84. The van der Waals surface area contributed by atoms with E-state index in [2.05, 4.69) is 23.7 Å². The van der Waals surface area contributed by atoms with Gasteiger partial charge in [-0.15, -0.1) is 0 Å². The van der Waals surface area contributed by atoms with Crippen molar-refractivity contribution in [2.24, 2.45) is 0 Å². The lowest BCUT2D eigenvalue weighted by Gasteiger charge is -2.42. The van der Waals surface area contributed by atoms with E-state index >= 15 is 0 Å². The molecule has 2 rings (SSSR count). The fraction of sp³-hybridized carbons (Fsp3) is 0.615. The molecule has 94 valence electrons. The van der Waals surface area contributed by atoms with Crippen LogP contribution in [0.5, 0.6) is 11.5 Å². The average Bonchev–Trinajstić information content (AvgIpc) is 2.32. The summed E-state index contributed by atoms with van der Waals surface area (Å²) in [5, 5.41) is 0. The lowest BCUT2D eigenvalue weighted by Crippen LogP contribution is -2.56. The van der Waals surface area contributed by atoms with Crippen LogP contribution in [0.15, 0.2) is 18.5 Å². The molecular weight excluding hydrogens is 216 g/mol. The summed E-state index contributed by atoms with van der Waals surface area (Å²) in [6.45, 7) is 6.48. The molecular formula is C13H20N2O2. The first-order chi connectivity index (χ1) is 8.22. The molecule has 0 amide bonds. The van der Waals surface area contributed by atoms with Crippen molar-refractivity contribution in [3.63, 3.8) is 0 Å². The van der Waals surface area contributed by atoms with Crippen molar-refractivity contribution < 1.29 is 9.47 Å². The molecule has 0 saturated carbocycles. The second-order valence-corrected chi connectivity index (χ2v) is 4.51. The van der Waals surface area contributed by atoms with Crippen LogP contribution in [0.1, 0.15) is 20.3 Å². The molecule has 1 aliphatic heterocycles. The molecule has 0 aromatic carbocycles. The highest BCUT2D eigenvalue weighted by molar-refractivity contribution is 5.28. The summed E-state index contributed by atoms with van der Waals surface area (Å²) in [6, 6.07) is 2.53. The molecule has 2 heterocycles. The maximum Gasteiger partial charge on any atom is 0.141 e. The van der Waals surface area contributed by atoms with Crippen LogP contribution in [-0.2, 0) is 0 Å². The predicted molar refractivity (Wildman–Crippen MR) is 66.5 cm³/mol. The summed E-state index contributed by atoms with van der Waals surface area (Å²) in [5.41, 5.74) is 0. The second kappa shape index (κ2) is 5.36. The molecule has 1 fully saturated rings. The van der Waals surface area contributed by atoms with Gasteiger partial charge in [-0.2, -0.15) is 0 Å². The van der Waals surface area contributed by atoms with E-state index in [0.29, 0.717) is 6.04 Å². The molecule has 1 aliphatic rings. The number of hydrogen-bond acceptors (Lipinski definition) is 4. The van der Waals surface area contributed by atoms with Crippen LogP contribution in [0.3, 0.4) is 0 Å². The van der Waals surface area contributed by atoms with Crippen molar-refractivity contribution >= 4 is 0 Å². The van der Waals surface area contributed by atoms with Crippen molar-refractivity contribution in [3.8, 4) is 11.5 Å². The Morgan fingerprint density at radius 3 is 2.76 bits per heavy atom. The van der Waals surface area contributed by atoms with Gasteiger partial charge in [0.05, 0.1) is 19.5 Å². The maximum atomic E-state index is 5.83. The summed E-state index contributed by atoms with van der Waals surface area (Å²) >= 11 is 0. The zero-order valence-corrected chi connectivity index (χ0v) is 10.7. The number of nitrogens with zero attached hydrogens (tertiary/aromatic N) is 2. The summed E-state index contributed by atoms with van der Waals surface area (Å²) in [5.74, 6) is 1.53. The van der Waals surface area contributed by atoms with Crippen molar-refractivity contribution in [2.75, 3.05) is 20.2 Å². The number of rotatable bonds is 5. The Morgan fingerprint density at radius 1 is 1.41 bits per heavy atom. The molecule has 17 heavy (non-hydrogen) atoms. The minimum Gasteiger partial charge on any atom is -0.495 e. The van der Waals surface area contributed by atoms with Crippen molar-refractivity contribution in [1.82, 2.24) is 9.88 Å². The van der Waals surface area contributed by atoms with Crippen LogP contribution in [-0.4, -0.2) is 42.2 Å². The highest BCUT2D eigenvalue weighted by Crippen LogP contribution is 2.22. The number of methoxy groups -OCH3 is 1. The highest BCUT2D eigenvalue weighted by Gasteiger charge is 2.31.